The highest BCUT2D eigenvalue weighted by atomic mass is 16.2. The molecule has 0 saturated heterocycles. The zero-order valence-corrected chi connectivity index (χ0v) is 8.50. The Morgan fingerprint density at radius 1 is 1.79 bits per heavy atom. The quantitative estimate of drug-likeness (QED) is 0.754. The Morgan fingerprint density at radius 3 is 3.00 bits per heavy atom. The summed E-state index contributed by atoms with van der Waals surface area (Å²) in [4.78, 5) is 11.6. The van der Waals surface area contributed by atoms with Gasteiger partial charge in [0, 0.05) is 12.1 Å². The smallest absolute Gasteiger partial charge is 0.223 e. The van der Waals surface area contributed by atoms with Crippen LogP contribution in [-0.4, -0.2) is 16.1 Å². The molecule has 2 rings (SSSR count). The monoisotopic (exact) mass is 193 g/mol. The van der Waals surface area contributed by atoms with E-state index in [0.29, 0.717) is 6.54 Å². The van der Waals surface area contributed by atoms with Crippen LogP contribution in [0.3, 0.4) is 0 Å². The van der Waals surface area contributed by atoms with E-state index in [4.69, 9.17) is 0 Å². The fourth-order valence-electron chi connectivity index (χ4n) is 1.60. The van der Waals surface area contributed by atoms with Gasteiger partial charge >= 0.3 is 0 Å². The summed E-state index contributed by atoms with van der Waals surface area (Å²) in [5.41, 5.74) is 1.15. The number of aromatic amines is 1. The molecular weight excluding hydrogens is 178 g/mol. The normalized spacial score (nSPS) is 23.1. The lowest BCUT2D eigenvalue weighted by Crippen LogP contribution is -2.26. The molecule has 1 unspecified atom stereocenters. The second-order valence-electron chi connectivity index (χ2n) is 4.54. The number of hydrogen-bond acceptors (Lipinski definition) is 2. The van der Waals surface area contributed by atoms with E-state index in [1.165, 1.54) is 0 Å². The number of nitrogens with one attached hydrogen (secondary N) is 2. The minimum atomic E-state index is 0.157. The van der Waals surface area contributed by atoms with E-state index >= 15 is 0 Å². The lowest BCUT2D eigenvalue weighted by atomic mass is 10.1. The maximum atomic E-state index is 11.6. The van der Waals surface area contributed by atoms with E-state index in [0.717, 1.165) is 12.1 Å². The average Bonchev–Trinajstić information content (AvgIpc) is 2.61. The van der Waals surface area contributed by atoms with Crippen molar-refractivity contribution in [3.05, 3.63) is 18.0 Å². The van der Waals surface area contributed by atoms with Crippen molar-refractivity contribution in [2.75, 3.05) is 0 Å². The molecular formula is C10H15N3O. The molecule has 1 aromatic rings. The van der Waals surface area contributed by atoms with E-state index in [1.807, 2.05) is 6.07 Å². The molecule has 1 amide bonds. The summed E-state index contributed by atoms with van der Waals surface area (Å²) < 4.78 is 0. The lowest BCUT2D eigenvalue weighted by Gasteiger charge is -2.04. The molecule has 0 aliphatic heterocycles. The third kappa shape index (κ3) is 1.78. The van der Waals surface area contributed by atoms with E-state index in [2.05, 4.69) is 29.4 Å². The first-order chi connectivity index (χ1) is 6.59. The average molecular weight is 193 g/mol. The van der Waals surface area contributed by atoms with Crippen LogP contribution < -0.4 is 5.32 Å². The Hall–Kier alpha value is -1.32. The molecule has 4 nitrogen and oxygen atoms in total. The molecule has 0 spiro atoms. The molecule has 1 aromatic heterocycles. The molecule has 1 heterocycles. The highest BCUT2D eigenvalue weighted by Crippen LogP contribution is 2.51. The summed E-state index contributed by atoms with van der Waals surface area (Å²) in [6.07, 6.45) is 2.68. The summed E-state index contributed by atoms with van der Waals surface area (Å²) in [7, 11) is 0. The van der Waals surface area contributed by atoms with Crippen molar-refractivity contribution >= 4 is 5.91 Å². The number of rotatable bonds is 3. The van der Waals surface area contributed by atoms with Gasteiger partial charge in [-0.05, 0) is 17.9 Å². The van der Waals surface area contributed by atoms with Crippen molar-refractivity contribution in [3.63, 3.8) is 0 Å². The van der Waals surface area contributed by atoms with Crippen LogP contribution in [0.1, 0.15) is 26.0 Å². The molecule has 0 bridgehead atoms. The van der Waals surface area contributed by atoms with Crippen LogP contribution in [0.25, 0.3) is 0 Å². The standard InChI is InChI=1S/C10H15N3O/c1-10(2)5-8(10)9(14)11-6-7-3-4-12-13-7/h3-4,8H,5-6H2,1-2H3,(H,11,14)(H,12,13). The van der Waals surface area contributed by atoms with Crippen molar-refractivity contribution < 1.29 is 4.79 Å². The molecule has 0 aromatic carbocycles. The zero-order valence-electron chi connectivity index (χ0n) is 8.50. The minimum Gasteiger partial charge on any atom is -0.350 e. The van der Waals surface area contributed by atoms with Crippen LogP contribution in [0.2, 0.25) is 0 Å². The number of H-pyrrole nitrogens is 1. The van der Waals surface area contributed by atoms with Gasteiger partial charge in [-0.1, -0.05) is 13.8 Å². The highest BCUT2D eigenvalue weighted by Gasteiger charge is 2.50. The van der Waals surface area contributed by atoms with Crippen LogP contribution in [-0.2, 0) is 11.3 Å². The van der Waals surface area contributed by atoms with Crippen molar-refractivity contribution in [3.8, 4) is 0 Å². The molecule has 1 aliphatic rings. The molecule has 1 atom stereocenters. The van der Waals surface area contributed by atoms with Crippen molar-refractivity contribution in [2.45, 2.75) is 26.8 Å². The van der Waals surface area contributed by atoms with Gasteiger partial charge in [0.1, 0.15) is 0 Å². The van der Waals surface area contributed by atoms with Crippen LogP contribution in [0, 0.1) is 11.3 Å². The highest BCUT2D eigenvalue weighted by molar-refractivity contribution is 5.82. The van der Waals surface area contributed by atoms with Gasteiger partial charge in [-0.15, -0.1) is 0 Å². The summed E-state index contributed by atoms with van der Waals surface area (Å²) >= 11 is 0. The summed E-state index contributed by atoms with van der Waals surface area (Å²) in [5.74, 6) is 0.357. The minimum absolute atomic E-state index is 0.157. The molecule has 1 fully saturated rings. The first-order valence-corrected chi connectivity index (χ1v) is 4.85. The molecule has 2 N–H and O–H groups in total. The first-order valence-electron chi connectivity index (χ1n) is 4.85. The fourth-order valence-corrected chi connectivity index (χ4v) is 1.60. The fraction of sp³-hybridized carbons (Fsp3) is 0.600. The van der Waals surface area contributed by atoms with Gasteiger partial charge in [0.25, 0.3) is 0 Å². The molecule has 0 radical (unpaired) electrons. The summed E-state index contributed by atoms with van der Waals surface area (Å²) in [6, 6.07) is 1.86. The van der Waals surface area contributed by atoms with Crippen LogP contribution in [0.5, 0.6) is 0 Å². The SMILES string of the molecule is CC1(C)CC1C(=O)NCc1ccn[nH]1. The van der Waals surface area contributed by atoms with E-state index in [1.54, 1.807) is 6.20 Å². The maximum absolute atomic E-state index is 11.6. The van der Waals surface area contributed by atoms with Gasteiger partial charge in [-0.3, -0.25) is 9.89 Å². The molecule has 76 valence electrons. The number of aromatic nitrogens is 2. The van der Waals surface area contributed by atoms with E-state index in [-0.39, 0.29) is 17.2 Å². The molecule has 4 heteroatoms. The number of hydrogen-bond donors (Lipinski definition) is 2. The number of amides is 1. The van der Waals surface area contributed by atoms with Crippen molar-refractivity contribution in [2.24, 2.45) is 11.3 Å². The van der Waals surface area contributed by atoms with Crippen molar-refractivity contribution in [1.82, 2.24) is 15.5 Å². The molecule has 1 saturated carbocycles. The second-order valence-corrected chi connectivity index (χ2v) is 4.54. The third-order valence-electron chi connectivity index (χ3n) is 2.84. The number of nitrogens with zero attached hydrogens (tertiary/aromatic N) is 1. The van der Waals surface area contributed by atoms with Gasteiger partial charge in [-0.2, -0.15) is 5.10 Å². The Kier molecular flexibility index (Phi) is 2.06. The maximum Gasteiger partial charge on any atom is 0.223 e. The van der Waals surface area contributed by atoms with E-state index < -0.39 is 0 Å². The number of carbonyl (C=O) groups is 1. The number of carbonyl (C=O) groups excluding carboxylic acids is 1. The molecule has 14 heavy (non-hydrogen) atoms. The predicted octanol–water partition coefficient (Wildman–Crippen LogP) is 1.07. The Balaban J connectivity index is 1.80. The first kappa shape index (κ1) is 9.24. The lowest BCUT2D eigenvalue weighted by molar-refractivity contribution is -0.123. The van der Waals surface area contributed by atoms with Gasteiger partial charge < -0.3 is 5.32 Å². The second kappa shape index (κ2) is 3.12. The van der Waals surface area contributed by atoms with Crippen LogP contribution >= 0.6 is 0 Å². The van der Waals surface area contributed by atoms with E-state index in [9.17, 15) is 4.79 Å². The predicted molar refractivity (Wildman–Crippen MR) is 52.3 cm³/mol. The summed E-state index contributed by atoms with van der Waals surface area (Å²) in [6.45, 7) is 4.78. The zero-order chi connectivity index (χ0) is 10.2. The molecule has 1 aliphatic carbocycles. The van der Waals surface area contributed by atoms with Gasteiger partial charge in [0.15, 0.2) is 0 Å². The Morgan fingerprint density at radius 2 is 2.50 bits per heavy atom. The van der Waals surface area contributed by atoms with Crippen LogP contribution in [0.4, 0.5) is 0 Å². The Bertz CT molecular complexity index is 329. The van der Waals surface area contributed by atoms with Crippen molar-refractivity contribution in [1.29, 1.82) is 0 Å². The van der Waals surface area contributed by atoms with Gasteiger partial charge in [0.2, 0.25) is 5.91 Å². The Labute approximate surface area is 83.1 Å². The third-order valence-corrected chi connectivity index (χ3v) is 2.84. The largest absolute Gasteiger partial charge is 0.350 e. The summed E-state index contributed by atoms with van der Waals surface area (Å²) in [5, 5.41) is 9.51. The topological polar surface area (TPSA) is 57.8 Å². The van der Waals surface area contributed by atoms with Gasteiger partial charge in [0.05, 0.1) is 12.2 Å². The van der Waals surface area contributed by atoms with Crippen LogP contribution in [0.15, 0.2) is 12.3 Å². The van der Waals surface area contributed by atoms with Gasteiger partial charge in [-0.25, -0.2) is 0 Å².